The van der Waals surface area contributed by atoms with Gasteiger partial charge in [-0.2, -0.15) is 0 Å². The summed E-state index contributed by atoms with van der Waals surface area (Å²) in [7, 11) is 0. The van der Waals surface area contributed by atoms with Gasteiger partial charge in [-0.1, -0.05) is 60.7 Å². The molecule has 2 N–H and O–H groups in total. The van der Waals surface area contributed by atoms with Crippen molar-refractivity contribution in [2.45, 2.75) is 36.4 Å². The number of hydrogen-bond donors (Lipinski definition) is 2. The van der Waals surface area contributed by atoms with Crippen molar-refractivity contribution in [3.63, 3.8) is 0 Å². The Morgan fingerprint density at radius 2 is 2.00 bits per heavy atom. The second-order valence-electron chi connectivity index (χ2n) is 8.20. The van der Waals surface area contributed by atoms with Crippen LogP contribution in [0.4, 0.5) is 9.52 Å². The topological polar surface area (TPSA) is 118 Å². The molecule has 0 saturated heterocycles. The molecule has 0 saturated carbocycles. The molecule has 188 valence electrons. The number of unbranched alkanes of at least 4 members (excludes halogenated alkanes) is 1. The molecule has 0 spiro atoms. The highest BCUT2D eigenvalue weighted by atomic mass is 32.2. The molecular weight excluding hydrogens is 513 g/mol. The van der Waals surface area contributed by atoms with Gasteiger partial charge in [0.25, 0.3) is 11.5 Å². The van der Waals surface area contributed by atoms with Crippen molar-refractivity contribution in [2.24, 2.45) is 0 Å². The van der Waals surface area contributed by atoms with Gasteiger partial charge in [-0.05, 0) is 36.2 Å². The monoisotopic (exact) mass is 535 g/mol. The number of anilines is 1. The molecule has 5 aromatic rings. The molecule has 1 amide bonds. The number of amides is 1. The molecule has 0 bridgehead atoms. The molecular formula is C25H22FN7O2S2. The fourth-order valence-electron chi connectivity index (χ4n) is 3.83. The second-order valence-corrected chi connectivity index (χ2v) is 10.4. The van der Waals surface area contributed by atoms with Crippen molar-refractivity contribution in [1.29, 1.82) is 5.41 Å². The summed E-state index contributed by atoms with van der Waals surface area (Å²) in [5.74, 6) is -0.488. The van der Waals surface area contributed by atoms with Crippen LogP contribution in [0, 0.1) is 11.2 Å². The number of pyridine rings is 2. The van der Waals surface area contributed by atoms with Crippen LogP contribution in [0.25, 0.3) is 16.7 Å². The number of fused-ring (bicyclic) bond motifs is 2. The number of thioether (sulfide) groups is 1. The Balaban J connectivity index is 1.46. The largest absolute Gasteiger partial charge is 0.310 e. The standard InChI is InChI=1S/C25H22FN7O2S2/c1-2-3-11-33-20(27)16(13-17-21(33)28-19-10-6-7-12-32(19)23(17)35)22(34)29-24-30-31-25(37-24)36-14-15-8-4-5-9-18(15)26/h4-10,12-13,27H,2-3,11,14H2,1H3,(H,29,30,34). The summed E-state index contributed by atoms with van der Waals surface area (Å²) in [6.07, 6.45) is 3.25. The molecule has 0 radical (unpaired) electrons. The average Bonchev–Trinajstić information content (AvgIpc) is 3.35. The van der Waals surface area contributed by atoms with Crippen LogP contribution < -0.4 is 16.4 Å². The van der Waals surface area contributed by atoms with E-state index in [2.05, 4.69) is 20.5 Å². The zero-order valence-electron chi connectivity index (χ0n) is 19.8. The third kappa shape index (κ3) is 5.02. The van der Waals surface area contributed by atoms with Crippen LogP contribution in [-0.4, -0.2) is 30.1 Å². The highest BCUT2D eigenvalue weighted by Gasteiger charge is 2.19. The highest BCUT2D eigenvalue weighted by Crippen LogP contribution is 2.29. The molecule has 0 aliphatic rings. The van der Waals surface area contributed by atoms with Gasteiger partial charge in [0.2, 0.25) is 5.13 Å². The predicted octanol–water partition coefficient (Wildman–Crippen LogP) is 4.46. The van der Waals surface area contributed by atoms with Gasteiger partial charge in [0, 0.05) is 18.5 Å². The number of hydrogen-bond acceptors (Lipinski definition) is 8. The molecule has 1 aromatic carbocycles. The van der Waals surface area contributed by atoms with Crippen LogP contribution in [0.5, 0.6) is 0 Å². The van der Waals surface area contributed by atoms with Gasteiger partial charge < -0.3 is 4.57 Å². The van der Waals surface area contributed by atoms with Gasteiger partial charge in [-0.15, -0.1) is 10.2 Å². The van der Waals surface area contributed by atoms with Gasteiger partial charge in [-0.3, -0.25) is 24.7 Å². The number of rotatable bonds is 8. The Morgan fingerprint density at radius 1 is 1.19 bits per heavy atom. The van der Waals surface area contributed by atoms with E-state index in [-0.39, 0.29) is 32.9 Å². The van der Waals surface area contributed by atoms with E-state index in [9.17, 15) is 14.0 Å². The normalized spacial score (nSPS) is 11.3. The SMILES string of the molecule is CCCCn1c(=N)c(C(=O)Nc2nnc(SCc3ccccc3F)s2)cc2c(=O)n3ccccc3nc21. The lowest BCUT2D eigenvalue weighted by Gasteiger charge is -2.14. The van der Waals surface area contributed by atoms with E-state index in [1.165, 1.54) is 28.3 Å². The lowest BCUT2D eigenvalue weighted by Crippen LogP contribution is -2.32. The van der Waals surface area contributed by atoms with Crippen LogP contribution >= 0.6 is 23.1 Å². The molecule has 4 heterocycles. The third-order valence-corrected chi connectivity index (χ3v) is 7.75. The first-order valence-electron chi connectivity index (χ1n) is 11.6. The van der Waals surface area contributed by atoms with Crippen LogP contribution in [0.1, 0.15) is 35.7 Å². The fraction of sp³-hybridized carbons (Fsp3) is 0.200. The van der Waals surface area contributed by atoms with Crippen molar-refractivity contribution in [2.75, 3.05) is 5.32 Å². The zero-order valence-corrected chi connectivity index (χ0v) is 21.4. The average molecular weight is 536 g/mol. The number of aromatic nitrogens is 5. The van der Waals surface area contributed by atoms with Crippen molar-refractivity contribution in [3.05, 3.63) is 87.5 Å². The maximum Gasteiger partial charge on any atom is 0.267 e. The van der Waals surface area contributed by atoms with Gasteiger partial charge in [0.05, 0.1) is 10.9 Å². The van der Waals surface area contributed by atoms with Crippen LogP contribution in [0.2, 0.25) is 0 Å². The summed E-state index contributed by atoms with van der Waals surface area (Å²) in [6.45, 7) is 2.47. The Morgan fingerprint density at radius 3 is 2.81 bits per heavy atom. The van der Waals surface area contributed by atoms with E-state index in [0.29, 0.717) is 33.5 Å². The van der Waals surface area contributed by atoms with Crippen LogP contribution in [-0.2, 0) is 12.3 Å². The summed E-state index contributed by atoms with van der Waals surface area (Å²) < 4.78 is 17.5. The van der Waals surface area contributed by atoms with Gasteiger partial charge >= 0.3 is 0 Å². The molecule has 0 fully saturated rings. The number of carbonyl (C=O) groups excluding carboxylic acids is 1. The predicted molar refractivity (Wildman–Crippen MR) is 142 cm³/mol. The summed E-state index contributed by atoms with van der Waals surface area (Å²) in [6, 6.07) is 13.2. The van der Waals surface area contributed by atoms with Crippen LogP contribution in [0.15, 0.2) is 63.9 Å². The van der Waals surface area contributed by atoms with Crippen molar-refractivity contribution in [1.82, 2.24) is 24.1 Å². The smallest absolute Gasteiger partial charge is 0.267 e. The molecule has 0 unspecified atom stereocenters. The molecule has 12 heteroatoms. The Kier molecular flexibility index (Phi) is 7.10. The quantitative estimate of drug-likeness (QED) is 0.172. The van der Waals surface area contributed by atoms with Gasteiger partial charge in [0.1, 0.15) is 22.6 Å². The number of benzene rings is 1. The van der Waals surface area contributed by atoms with Crippen LogP contribution in [0.3, 0.4) is 0 Å². The van der Waals surface area contributed by atoms with E-state index < -0.39 is 5.91 Å². The number of nitrogens with one attached hydrogen (secondary N) is 2. The van der Waals surface area contributed by atoms with Gasteiger partial charge in [-0.25, -0.2) is 9.37 Å². The van der Waals surface area contributed by atoms with E-state index >= 15 is 0 Å². The summed E-state index contributed by atoms with van der Waals surface area (Å²) in [4.78, 5) is 31.1. The first kappa shape index (κ1) is 24.8. The van der Waals surface area contributed by atoms with E-state index in [1.807, 2.05) is 6.92 Å². The summed E-state index contributed by atoms with van der Waals surface area (Å²) in [5.41, 5.74) is 1.07. The number of carbonyl (C=O) groups is 1. The highest BCUT2D eigenvalue weighted by molar-refractivity contribution is 8.00. The molecule has 0 aliphatic carbocycles. The second kappa shape index (κ2) is 10.6. The Hall–Kier alpha value is -3.90. The van der Waals surface area contributed by atoms with Crippen molar-refractivity contribution in [3.8, 4) is 0 Å². The van der Waals surface area contributed by atoms with E-state index in [0.717, 1.165) is 24.2 Å². The summed E-state index contributed by atoms with van der Waals surface area (Å²) in [5, 5.41) is 20.0. The van der Waals surface area contributed by atoms with Crippen molar-refractivity contribution >= 4 is 50.8 Å². The minimum atomic E-state index is -0.573. The Bertz CT molecular complexity index is 1750. The molecule has 5 rings (SSSR count). The van der Waals surface area contributed by atoms with Crippen molar-refractivity contribution < 1.29 is 9.18 Å². The molecule has 0 atom stereocenters. The van der Waals surface area contributed by atoms with Gasteiger partial charge in [0.15, 0.2) is 4.34 Å². The maximum absolute atomic E-state index is 13.9. The Labute approximate surface area is 218 Å². The maximum atomic E-state index is 13.9. The summed E-state index contributed by atoms with van der Waals surface area (Å²) >= 11 is 2.46. The molecule has 4 aromatic heterocycles. The van der Waals surface area contributed by atoms with E-state index in [4.69, 9.17) is 5.41 Å². The minimum absolute atomic E-state index is 0.0362. The zero-order chi connectivity index (χ0) is 25.9. The third-order valence-electron chi connectivity index (χ3n) is 5.73. The lowest BCUT2D eigenvalue weighted by atomic mass is 10.2. The molecule has 9 nitrogen and oxygen atoms in total. The number of halogens is 1. The fourth-order valence-corrected chi connectivity index (χ4v) is 5.57. The number of nitrogens with zero attached hydrogens (tertiary/aromatic N) is 5. The van der Waals surface area contributed by atoms with E-state index in [1.54, 1.807) is 47.2 Å². The minimum Gasteiger partial charge on any atom is -0.310 e. The first-order valence-corrected chi connectivity index (χ1v) is 13.4. The number of aryl methyl sites for hydroxylation is 1. The molecule has 0 aliphatic heterocycles. The lowest BCUT2D eigenvalue weighted by molar-refractivity contribution is 0.102. The molecule has 37 heavy (non-hydrogen) atoms. The first-order chi connectivity index (χ1) is 18.0.